The quantitative estimate of drug-likeness (QED) is 0.124. The van der Waals surface area contributed by atoms with E-state index in [-0.39, 0.29) is 42.6 Å². The van der Waals surface area contributed by atoms with E-state index in [1.165, 1.54) is 9.80 Å². The van der Waals surface area contributed by atoms with Gasteiger partial charge in [-0.15, -0.1) is 13.2 Å². The minimum absolute atomic E-state index is 0.0766. The number of likely N-dealkylation sites (tertiary alicyclic amines) is 1. The number of carbonyl (C=O) groups excluding carboxylic acids is 4. The van der Waals surface area contributed by atoms with E-state index >= 15 is 4.79 Å². The average Bonchev–Trinajstić information content (AvgIpc) is 3.73. The molecule has 280 valence electrons. The van der Waals surface area contributed by atoms with Gasteiger partial charge in [0.25, 0.3) is 5.91 Å². The second kappa shape index (κ2) is 16.7. The van der Waals surface area contributed by atoms with Crippen molar-refractivity contribution >= 4 is 56.9 Å². The highest BCUT2D eigenvalue weighted by atomic mass is 79.9. The van der Waals surface area contributed by atoms with Gasteiger partial charge in [-0.05, 0) is 49.8 Å². The first-order valence-corrected chi connectivity index (χ1v) is 19.2. The van der Waals surface area contributed by atoms with E-state index in [4.69, 9.17) is 21.1 Å². The molecule has 52 heavy (non-hydrogen) atoms. The number of aliphatic hydroxyl groups excluding tert-OH is 1. The van der Waals surface area contributed by atoms with E-state index in [0.29, 0.717) is 29.1 Å². The first kappa shape index (κ1) is 39.7. The Bertz CT molecular complexity index is 1660. The zero-order valence-electron chi connectivity index (χ0n) is 30.2. The number of anilines is 1. The van der Waals surface area contributed by atoms with Crippen LogP contribution in [0.1, 0.15) is 58.1 Å². The summed E-state index contributed by atoms with van der Waals surface area (Å²) in [6.45, 7) is 13.1. The number of allylic oxidation sites excluding steroid dienone is 1. The lowest BCUT2D eigenvalue weighted by molar-refractivity contribution is -0.165. The van der Waals surface area contributed by atoms with Crippen LogP contribution in [0.15, 0.2) is 79.9 Å². The van der Waals surface area contributed by atoms with Crippen LogP contribution in [-0.4, -0.2) is 93.5 Å². The SMILES string of the molecule is C=CCCC(=O)N(C)[C@@H](C)[C@@H](OC(=O)[C@H]1[C@@H]2O[C@@]3(CC2Br)[C@@H]1C(=O)N([C@@H](CO)CC(C)C)[C@@H]3C(=O)N(CC=C)c1ccccc1Cl)c1ccccc1. The van der Waals surface area contributed by atoms with Gasteiger partial charge in [0.15, 0.2) is 0 Å². The van der Waals surface area contributed by atoms with Gasteiger partial charge < -0.3 is 29.3 Å². The molecular formula is C40H49BrClN3O7. The van der Waals surface area contributed by atoms with E-state index in [0.717, 1.165) is 0 Å². The number of ether oxygens (including phenoxy) is 2. The van der Waals surface area contributed by atoms with Gasteiger partial charge in [0.05, 0.1) is 47.3 Å². The lowest BCUT2D eigenvalue weighted by Crippen LogP contribution is -2.59. The van der Waals surface area contributed by atoms with Gasteiger partial charge in [0, 0.05) is 24.8 Å². The molecule has 0 aromatic heterocycles. The van der Waals surface area contributed by atoms with Gasteiger partial charge in [-0.25, -0.2) is 0 Å². The molecule has 9 atom stereocenters. The zero-order chi connectivity index (χ0) is 37.9. The van der Waals surface area contributed by atoms with Gasteiger partial charge in [0.2, 0.25) is 11.8 Å². The van der Waals surface area contributed by atoms with Crippen molar-refractivity contribution in [3.8, 4) is 0 Å². The van der Waals surface area contributed by atoms with Gasteiger partial charge >= 0.3 is 5.97 Å². The number of amides is 3. The third-order valence-corrected chi connectivity index (χ3v) is 11.8. The zero-order valence-corrected chi connectivity index (χ0v) is 32.5. The van der Waals surface area contributed by atoms with Crippen molar-refractivity contribution in [2.45, 2.75) is 87.2 Å². The van der Waals surface area contributed by atoms with E-state index in [9.17, 15) is 19.5 Å². The molecule has 3 aliphatic heterocycles. The fourth-order valence-electron chi connectivity index (χ4n) is 8.21. The predicted octanol–water partition coefficient (Wildman–Crippen LogP) is 6.11. The molecule has 3 saturated heterocycles. The summed E-state index contributed by atoms with van der Waals surface area (Å²) in [5.41, 5.74) is -0.283. The van der Waals surface area contributed by atoms with Crippen LogP contribution in [0.3, 0.4) is 0 Å². The van der Waals surface area contributed by atoms with E-state index in [1.807, 2.05) is 51.1 Å². The van der Waals surface area contributed by atoms with Crippen molar-refractivity contribution in [2.24, 2.45) is 17.8 Å². The Kier molecular flexibility index (Phi) is 12.7. The first-order valence-electron chi connectivity index (χ1n) is 17.9. The molecule has 3 fully saturated rings. The molecule has 3 amide bonds. The van der Waals surface area contributed by atoms with E-state index in [2.05, 4.69) is 29.1 Å². The normalized spacial score (nSPS) is 26.4. The standard InChI is InChI=1S/C40H49BrClN3O7/c1-7-9-19-31(47)43(6)25(5)34(26-15-11-10-12-16-26)51-39(50)32-33-37(48)45(27(23-46)21-24(3)4)36(40(33)22-28(41)35(32)52-40)38(49)44(20-8-2)30-18-14-13-17-29(30)42/h7-8,10-18,24-25,27-28,32-36,46H,1-2,9,19-23H2,3-6H3/t25-,27+,28?,32+,33-,34+,35+,36+,40-/m0/s1. The Morgan fingerprint density at radius 2 is 1.79 bits per heavy atom. The summed E-state index contributed by atoms with van der Waals surface area (Å²) in [4.78, 5) is 61.8. The number of benzene rings is 2. The molecule has 12 heteroatoms. The maximum absolute atomic E-state index is 15.0. The minimum atomic E-state index is -1.41. The number of esters is 1. The van der Waals surface area contributed by atoms with Gasteiger partial charge in [-0.1, -0.05) is 96.0 Å². The Morgan fingerprint density at radius 1 is 1.12 bits per heavy atom. The molecule has 2 bridgehead atoms. The van der Waals surface area contributed by atoms with Gasteiger partial charge in [0.1, 0.15) is 17.7 Å². The molecule has 10 nitrogen and oxygen atoms in total. The number of aliphatic hydroxyl groups is 1. The second-order valence-electron chi connectivity index (χ2n) is 14.4. The third kappa shape index (κ3) is 7.34. The van der Waals surface area contributed by atoms with Crippen molar-refractivity contribution in [2.75, 3.05) is 25.1 Å². The summed E-state index contributed by atoms with van der Waals surface area (Å²) in [5.74, 6) is -3.74. The molecular weight excluding hydrogens is 750 g/mol. The number of halogens is 2. The summed E-state index contributed by atoms with van der Waals surface area (Å²) in [6, 6.07) is 13.7. The summed E-state index contributed by atoms with van der Waals surface area (Å²) < 4.78 is 13.1. The molecule has 0 radical (unpaired) electrons. The molecule has 0 saturated carbocycles. The molecule has 3 heterocycles. The highest BCUT2D eigenvalue weighted by Gasteiger charge is 2.77. The maximum atomic E-state index is 15.0. The van der Waals surface area contributed by atoms with Gasteiger partial charge in [-0.2, -0.15) is 0 Å². The molecule has 1 N–H and O–H groups in total. The number of carbonyl (C=O) groups is 4. The fourth-order valence-corrected chi connectivity index (χ4v) is 9.39. The Balaban J connectivity index is 1.57. The average molecular weight is 799 g/mol. The lowest BCUT2D eigenvalue weighted by atomic mass is 9.70. The Labute approximate surface area is 319 Å². The lowest BCUT2D eigenvalue weighted by Gasteiger charge is -2.40. The molecule has 0 aliphatic carbocycles. The third-order valence-electron chi connectivity index (χ3n) is 10.7. The highest BCUT2D eigenvalue weighted by Crippen LogP contribution is 2.61. The van der Waals surface area contributed by atoms with Crippen molar-refractivity contribution in [3.63, 3.8) is 0 Å². The maximum Gasteiger partial charge on any atom is 0.313 e. The van der Waals surface area contributed by atoms with Crippen molar-refractivity contribution in [3.05, 3.63) is 90.5 Å². The van der Waals surface area contributed by atoms with Crippen LogP contribution >= 0.6 is 27.5 Å². The molecule has 2 aromatic carbocycles. The van der Waals surface area contributed by atoms with E-state index in [1.54, 1.807) is 48.4 Å². The summed E-state index contributed by atoms with van der Waals surface area (Å²) in [7, 11) is 1.68. The van der Waals surface area contributed by atoms with Crippen LogP contribution in [-0.2, 0) is 28.7 Å². The van der Waals surface area contributed by atoms with Gasteiger partial charge in [-0.3, -0.25) is 19.2 Å². The van der Waals surface area contributed by atoms with E-state index < -0.39 is 65.6 Å². The predicted molar refractivity (Wildman–Crippen MR) is 204 cm³/mol. The number of nitrogens with zero attached hydrogens (tertiary/aromatic N) is 3. The van der Waals surface area contributed by atoms with Crippen LogP contribution in [0.2, 0.25) is 5.02 Å². The number of fused-ring (bicyclic) bond motifs is 1. The van der Waals surface area contributed by atoms with Crippen LogP contribution < -0.4 is 4.90 Å². The van der Waals surface area contributed by atoms with Crippen LogP contribution in [0.25, 0.3) is 0 Å². The largest absolute Gasteiger partial charge is 0.455 e. The number of hydrogen-bond acceptors (Lipinski definition) is 7. The number of alkyl halides is 1. The summed E-state index contributed by atoms with van der Waals surface area (Å²) >= 11 is 10.4. The summed E-state index contributed by atoms with van der Waals surface area (Å²) in [5, 5.41) is 11.1. The molecule has 1 unspecified atom stereocenters. The van der Waals surface area contributed by atoms with Crippen molar-refractivity contribution < 1.29 is 33.8 Å². The number of hydrogen-bond donors (Lipinski definition) is 1. The fraction of sp³-hybridized carbons (Fsp3) is 0.500. The Hall–Kier alpha value is -3.51. The number of para-hydroxylation sites is 1. The van der Waals surface area contributed by atoms with Crippen LogP contribution in [0.5, 0.6) is 0 Å². The minimum Gasteiger partial charge on any atom is -0.455 e. The second-order valence-corrected chi connectivity index (χ2v) is 16.0. The molecule has 1 spiro atoms. The smallest absolute Gasteiger partial charge is 0.313 e. The van der Waals surface area contributed by atoms with Crippen molar-refractivity contribution in [1.29, 1.82) is 0 Å². The van der Waals surface area contributed by atoms with Crippen LogP contribution in [0.4, 0.5) is 5.69 Å². The molecule has 5 rings (SSSR count). The topological polar surface area (TPSA) is 117 Å². The van der Waals surface area contributed by atoms with Crippen molar-refractivity contribution in [1.82, 2.24) is 9.80 Å². The highest BCUT2D eigenvalue weighted by molar-refractivity contribution is 9.09. The van der Waals surface area contributed by atoms with Crippen LogP contribution in [0, 0.1) is 17.8 Å². The monoisotopic (exact) mass is 797 g/mol. The number of rotatable bonds is 16. The summed E-state index contributed by atoms with van der Waals surface area (Å²) in [6.07, 6.45) is 3.08. The first-order chi connectivity index (χ1) is 24.8. The number of likely N-dealkylation sites (N-methyl/N-ethyl adjacent to an activating group) is 1. The molecule has 3 aliphatic rings. The Morgan fingerprint density at radius 3 is 2.40 bits per heavy atom. The molecule has 2 aromatic rings.